The number of halogens is 2. The highest BCUT2D eigenvalue weighted by atomic mass is 32.2. The number of hydrogen-bond acceptors (Lipinski definition) is 5. The van der Waals surface area contributed by atoms with Crippen molar-refractivity contribution >= 4 is 32.2 Å². The average Bonchev–Trinajstić information content (AvgIpc) is 3.08. The van der Waals surface area contributed by atoms with Crippen molar-refractivity contribution in [2.45, 2.75) is 6.42 Å². The largest absolute Gasteiger partial charge is 0.302 e. The lowest BCUT2D eigenvalue weighted by Gasteiger charge is -2.06. The summed E-state index contributed by atoms with van der Waals surface area (Å²) in [6.07, 6.45) is 0.301. The van der Waals surface area contributed by atoms with E-state index < -0.39 is 33.3 Å². The van der Waals surface area contributed by atoms with Crippen LogP contribution in [0.5, 0.6) is 0 Å². The molecule has 1 N–H and O–H groups in total. The van der Waals surface area contributed by atoms with E-state index in [9.17, 15) is 22.0 Å². The van der Waals surface area contributed by atoms with Gasteiger partial charge in [-0.25, -0.2) is 22.2 Å². The van der Waals surface area contributed by atoms with Gasteiger partial charge < -0.3 is 5.32 Å². The van der Waals surface area contributed by atoms with Crippen LogP contribution in [0.25, 0.3) is 11.3 Å². The molecule has 2 heterocycles. The fraction of sp³-hybridized carbons (Fsp3) is 0.286. The quantitative estimate of drug-likeness (QED) is 0.914. The van der Waals surface area contributed by atoms with Gasteiger partial charge in [-0.1, -0.05) is 0 Å². The summed E-state index contributed by atoms with van der Waals surface area (Å²) >= 11 is 1.13. The Labute approximate surface area is 135 Å². The Balaban J connectivity index is 1.72. The van der Waals surface area contributed by atoms with Crippen LogP contribution in [0.1, 0.15) is 6.42 Å². The van der Waals surface area contributed by atoms with Crippen LogP contribution in [0.4, 0.5) is 13.9 Å². The van der Waals surface area contributed by atoms with E-state index in [0.29, 0.717) is 22.8 Å². The summed E-state index contributed by atoms with van der Waals surface area (Å²) in [6, 6.07) is 3.42. The first-order chi connectivity index (χ1) is 10.8. The smallest absolute Gasteiger partial charge is 0.230 e. The highest BCUT2D eigenvalue weighted by Crippen LogP contribution is 2.27. The number of hydrogen-bond donors (Lipinski definition) is 1. The number of rotatable bonds is 3. The summed E-state index contributed by atoms with van der Waals surface area (Å²) < 4.78 is 48.9. The van der Waals surface area contributed by atoms with Gasteiger partial charge >= 0.3 is 0 Å². The van der Waals surface area contributed by atoms with E-state index in [0.717, 1.165) is 23.5 Å². The molecule has 1 aromatic carbocycles. The standard InChI is InChI=1S/C14H12F2N2O3S2/c15-10-2-1-8(5-11(10)16)12-6-22-14(17-12)18-13(19)9-3-4-23(20,21)7-9/h1-2,5-6,9H,3-4,7H2,(H,17,18,19)/t9-/m0/s1. The number of nitrogens with zero attached hydrogens (tertiary/aromatic N) is 1. The number of anilines is 1. The maximum Gasteiger partial charge on any atom is 0.230 e. The summed E-state index contributed by atoms with van der Waals surface area (Å²) in [4.78, 5) is 16.2. The molecule has 0 bridgehead atoms. The Hall–Kier alpha value is -1.87. The molecule has 1 saturated heterocycles. The molecule has 0 spiro atoms. The predicted octanol–water partition coefficient (Wildman–Crippen LogP) is 2.46. The third-order valence-electron chi connectivity index (χ3n) is 3.55. The van der Waals surface area contributed by atoms with Crippen LogP contribution in [0.3, 0.4) is 0 Å². The molecule has 9 heteroatoms. The summed E-state index contributed by atoms with van der Waals surface area (Å²) in [7, 11) is -3.13. The first kappa shape index (κ1) is 16.0. The van der Waals surface area contributed by atoms with Crippen molar-refractivity contribution in [1.82, 2.24) is 4.98 Å². The molecule has 0 saturated carbocycles. The van der Waals surface area contributed by atoms with Crippen LogP contribution in [0.15, 0.2) is 23.6 Å². The summed E-state index contributed by atoms with van der Waals surface area (Å²) in [5, 5.41) is 4.47. The lowest BCUT2D eigenvalue weighted by molar-refractivity contribution is -0.119. The number of carbonyl (C=O) groups is 1. The zero-order valence-corrected chi connectivity index (χ0v) is 13.4. The van der Waals surface area contributed by atoms with Crippen LogP contribution >= 0.6 is 11.3 Å². The number of aromatic nitrogens is 1. The van der Waals surface area contributed by atoms with Gasteiger partial charge in [0.25, 0.3) is 0 Å². The third-order valence-corrected chi connectivity index (χ3v) is 6.08. The molecule has 1 aliphatic rings. The Kier molecular flexibility index (Phi) is 4.15. The highest BCUT2D eigenvalue weighted by molar-refractivity contribution is 7.91. The van der Waals surface area contributed by atoms with Gasteiger partial charge in [0.05, 0.1) is 23.1 Å². The summed E-state index contributed by atoms with van der Waals surface area (Å²) in [5.41, 5.74) is 0.798. The monoisotopic (exact) mass is 358 g/mol. The lowest BCUT2D eigenvalue weighted by atomic mass is 10.1. The topological polar surface area (TPSA) is 76.1 Å². The van der Waals surface area contributed by atoms with Crippen molar-refractivity contribution in [2.24, 2.45) is 5.92 Å². The molecule has 0 aliphatic carbocycles. The normalized spacial score (nSPS) is 19.7. The average molecular weight is 358 g/mol. The minimum Gasteiger partial charge on any atom is -0.302 e. The highest BCUT2D eigenvalue weighted by Gasteiger charge is 2.33. The van der Waals surface area contributed by atoms with Gasteiger partial charge in [0.1, 0.15) is 0 Å². The van der Waals surface area contributed by atoms with E-state index in [2.05, 4.69) is 10.3 Å². The minimum atomic E-state index is -3.13. The molecule has 5 nitrogen and oxygen atoms in total. The van der Waals surface area contributed by atoms with Crippen molar-refractivity contribution < 1.29 is 22.0 Å². The maximum absolute atomic E-state index is 13.2. The predicted molar refractivity (Wildman–Crippen MR) is 82.9 cm³/mol. The van der Waals surface area contributed by atoms with Gasteiger partial charge in [-0.05, 0) is 24.6 Å². The van der Waals surface area contributed by atoms with Gasteiger partial charge in [0.15, 0.2) is 26.6 Å². The molecular formula is C14H12F2N2O3S2. The van der Waals surface area contributed by atoms with E-state index in [1.807, 2.05) is 0 Å². The number of carbonyl (C=O) groups excluding carboxylic acids is 1. The molecule has 122 valence electrons. The van der Waals surface area contributed by atoms with Gasteiger partial charge in [-0.2, -0.15) is 0 Å². The maximum atomic E-state index is 13.2. The first-order valence-electron chi connectivity index (χ1n) is 6.76. The molecule has 3 rings (SSSR count). The zero-order chi connectivity index (χ0) is 16.6. The Morgan fingerprint density at radius 3 is 2.74 bits per heavy atom. The van der Waals surface area contributed by atoms with Gasteiger partial charge in [0, 0.05) is 10.9 Å². The van der Waals surface area contributed by atoms with Crippen molar-refractivity contribution in [3.8, 4) is 11.3 Å². The fourth-order valence-electron chi connectivity index (χ4n) is 2.33. The van der Waals surface area contributed by atoms with Gasteiger partial charge in [0.2, 0.25) is 5.91 Å². The van der Waals surface area contributed by atoms with Crippen LogP contribution in [-0.4, -0.2) is 30.8 Å². The van der Waals surface area contributed by atoms with Crippen LogP contribution in [0.2, 0.25) is 0 Å². The summed E-state index contributed by atoms with van der Waals surface area (Å²) in [6.45, 7) is 0. The number of amides is 1. The number of thiazole rings is 1. The molecule has 0 radical (unpaired) electrons. The second-order valence-electron chi connectivity index (χ2n) is 5.26. The van der Waals surface area contributed by atoms with Gasteiger partial charge in [-0.3, -0.25) is 4.79 Å². The molecule has 1 aromatic heterocycles. The molecule has 1 fully saturated rings. The molecule has 2 aromatic rings. The van der Waals surface area contributed by atoms with E-state index >= 15 is 0 Å². The number of benzene rings is 1. The van der Waals surface area contributed by atoms with Crippen molar-refractivity contribution in [2.75, 3.05) is 16.8 Å². The van der Waals surface area contributed by atoms with Crippen molar-refractivity contribution in [3.63, 3.8) is 0 Å². The Bertz CT molecular complexity index is 865. The molecule has 23 heavy (non-hydrogen) atoms. The van der Waals surface area contributed by atoms with Crippen LogP contribution < -0.4 is 5.32 Å². The molecular weight excluding hydrogens is 346 g/mol. The van der Waals surface area contributed by atoms with E-state index in [4.69, 9.17) is 0 Å². The second-order valence-corrected chi connectivity index (χ2v) is 8.34. The molecule has 1 atom stereocenters. The number of nitrogens with one attached hydrogen (secondary N) is 1. The van der Waals surface area contributed by atoms with E-state index in [1.54, 1.807) is 5.38 Å². The molecule has 1 amide bonds. The van der Waals surface area contributed by atoms with Crippen LogP contribution in [-0.2, 0) is 14.6 Å². The van der Waals surface area contributed by atoms with Gasteiger partial charge in [-0.15, -0.1) is 11.3 Å². The summed E-state index contributed by atoms with van der Waals surface area (Å²) in [5.74, 6) is -3.02. The van der Waals surface area contributed by atoms with Crippen molar-refractivity contribution in [3.05, 3.63) is 35.2 Å². The fourth-order valence-corrected chi connectivity index (χ4v) is 4.79. The Morgan fingerprint density at radius 1 is 1.30 bits per heavy atom. The zero-order valence-electron chi connectivity index (χ0n) is 11.8. The van der Waals surface area contributed by atoms with E-state index in [1.165, 1.54) is 6.07 Å². The first-order valence-corrected chi connectivity index (χ1v) is 9.46. The lowest BCUT2D eigenvalue weighted by Crippen LogP contribution is -2.23. The Morgan fingerprint density at radius 2 is 2.09 bits per heavy atom. The molecule has 1 aliphatic heterocycles. The van der Waals surface area contributed by atoms with Crippen molar-refractivity contribution in [1.29, 1.82) is 0 Å². The molecule has 0 unspecified atom stereocenters. The minimum absolute atomic E-state index is 0.0169. The second kappa shape index (κ2) is 5.97. The van der Waals surface area contributed by atoms with E-state index in [-0.39, 0.29) is 11.5 Å². The number of sulfone groups is 1. The van der Waals surface area contributed by atoms with Crippen LogP contribution in [0, 0.1) is 17.6 Å². The SMILES string of the molecule is O=C(Nc1nc(-c2ccc(F)c(F)c2)cs1)[C@H]1CCS(=O)(=O)C1. The third kappa shape index (κ3) is 3.56.